The first-order valence-corrected chi connectivity index (χ1v) is 12.2. The number of amides is 1. The molecule has 0 unspecified atom stereocenters. The molecule has 1 amide bonds. The summed E-state index contributed by atoms with van der Waals surface area (Å²) in [7, 11) is 0. The smallest absolute Gasteiger partial charge is 0.225 e. The number of piperidine rings is 1. The maximum absolute atomic E-state index is 12.9. The minimum absolute atomic E-state index is 0.0593. The Labute approximate surface area is 197 Å². The lowest BCUT2D eigenvalue weighted by atomic mass is 9.91. The monoisotopic (exact) mass is 447 g/mol. The third kappa shape index (κ3) is 5.47. The summed E-state index contributed by atoms with van der Waals surface area (Å²) in [5, 5.41) is 4.50. The second kappa shape index (κ2) is 9.68. The van der Waals surface area contributed by atoms with Crippen LogP contribution >= 0.6 is 0 Å². The number of carbonyl (C=O) groups is 1. The van der Waals surface area contributed by atoms with Crippen LogP contribution in [0.1, 0.15) is 75.1 Å². The molecule has 2 aromatic heterocycles. The van der Waals surface area contributed by atoms with Crippen molar-refractivity contribution in [3.05, 3.63) is 65.2 Å². The molecule has 0 saturated carbocycles. The Balaban J connectivity index is 1.56. The molecular weight excluding hydrogens is 410 g/mol. The van der Waals surface area contributed by atoms with Crippen LogP contribution in [0.15, 0.2) is 47.0 Å². The third-order valence-corrected chi connectivity index (χ3v) is 6.83. The highest BCUT2D eigenvalue weighted by Gasteiger charge is 2.31. The number of hydrogen-bond donors (Lipinski definition) is 1. The van der Waals surface area contributed by atoms with Gasteiger partial charge in [-0.05, 0) is 69.5 Å². The van der Waals surface area contributed by atoms with Crippen molar-refractivity contribution in [1.82, 2.24) is 15.2 Å². The van der Waals surface area contributed by atoms with E-state index >= 15 is 0 Å². The van der Waals surface area contributed by atoms with Gasteiger partial charge >= 0.3 is 0 Å². The molecule has 33 heavy (non-hydrogen) atoms. The van der Waals surface area contributed by atoms with Crippen molar-refractivity contribution in [1.29, 1.82) is 0 Å². The number of hydrogen-bond acceptors (Lipinski definition) is 4. The zero-order chi connectivity index (χ0) is 23.6. The van der Waals surface area contributed by atoms with E-state index in [1.807, 2.05) is 45.2 Å². The zero-order valence-corrected chi connectivity index (χ0v) is 20.6. The number of rotatable bonds is 6. The summed E-state index contributed by atoms with van der Waals surface area (Å²) in [5.41, 5.74) is 3.94. The quantitative estimate of drug-likeness (QED) is 0.496. The van der Waals surface area contributed by atoms with Crippen LogP contribution in [0, 0.1) is 19.3 Å². The lowest BCUT2D eigenvalue weighted by Crippen LogP contribution is -2.44. The molecule has 0 aliphatic carbocycles. The second-order valence-electron chi connectivity index (χ2n) is 10.5. The van der Waals surface area contributed by atoms with Crippen LogP contribution in [0.25, 0.3) is 11.0 Å². The molecule has 1 fully saturated rings. The van der Waals surface area contributed by atoms with Gasteiger partial charge in [-0.1, -0.05) is 44.9 Å². The highest BCUT2D eigenvalue weighted by molar-refractivity contribution is 5.83. The van der Waals surface area contributed by atoms with Crippen LogP contribution in [0.3, 0.4) is 0 Å². The predicted molar refractivity (Wildman–Crippen MR) is 133 cm³/mol. The summed E-state index contributed by atoms with van der Waals surface area (Å²) in [6.45, 7) is 12.0. The number of pyridine rings is 1. The molecular formula is C28H37N3O2. The first kappa shape index (κ1) is 23.5. The Morgan fingerprint density at radius 1 is 1.21 bits per heavy atom. The van der Waals surface area contributed by atoms with Crippen LogP contribution < -0.4 is 5.32 Å². The highest BCUT2D eigenvalue weighted by atomic mass is 16.3. The summed E-state index contributed by atoms with van der Waals surface area (Å²) >= 11 is 0. The SMILES string of the molecule is Cc1ccc2oc(CN3CCCC[C@H]3C[C@H](NC(=O)C(C)(C)C)c3ccccn3)c(C)c2c1. The summed E-state index contributed by atoms with van der Waals surface area (Å²) in [6.07, 6.45) is 6.17. The van der Waals surface area contributed by atoms with Gasteiger partial charge in [0.15, 0.2) is 0 Å². The van der Waals surface area contributed by atoms with Crippen molar-refractivity contribution < 1.29 is 9.21 Å². The van der Waals surface area contributed by atoms with Gasteiger partial charge in [-0.3, -0.25) is 14.7 Å². The van der Waals surface area contributed by atoms with Crippen molar-refractivity contribution in [3.63, 3.8) is 0 Å². The summed E-state index contributed by atoms with van der Waals surface area (Å²) in [6, 6.07) is 12.6. The predicted octanol–water partition coefficient (Wildman–Crippen LogP) is 6.09. The van der Waals surface area contributed by atoms with Crippen LogP contribution in [0.2, 0.25) is 0 Å². The van der Waals surface area contributed by atoms with Crippen molar-refractivity contribution in [2.75, 3.05) is 6.54 Å². The Kier molecular flexibility index (Phi) is 6.89. The van der Waals surface area contributed by atoms with E-state index in [2.05, 4.69) is 47.2 Å². The van der Waals surface area contributed by atoms with Crippen molar-refractivity contribution in [2.45, 2.75) is 78.9 Å². The molecule has 1 aromatic carbocycles. The molecule has 1 saturated heterocycles. The zero-order valence-electron chi connectivity index (χ0n) is 20.6. The Morgan fingerprint density at radius 2 is 2.03 bits per heavy atom. The maximum atomic E-state index is 12.9. The van der Waals surface area contributed by atoms with Crippen LogP contribution in [0.4, 0.5) is 0 Å². The van der Waals surface area contributed by atoms with E-state index < -0.39 is 5.41 Å². The fourth-order valence-electron chi connectivity index (χ4n) is 4.74. The van der Waals surface area contributed by atoms with E-state index in [-0.39, 0.29) is 11.9 Å². The average molecular weight is 448 g/mol. The topological polar surface area (TPSA) is 58.4 Å². The fourth-order valence-corrected chi connectivity index (χ4v) is 4.74. The second-order valence-corrected chi connectivity index (χ2v) is 10.5. The third-order valence-electron chi connectivity index (χ3n) is 6.83. The van der Waals surface area contributed by atoms with Crippen molar-refractivity contribution in [2.24, 2.45) is 5.41 Å². The molecule has 4 rings (SSSR count). The Morgan fingerprint density at radius 3 is 2.76 bits per heavy atom. The van der Waals surface area contributed by atoms with Crippen LogP contribution in [-0.2, 0) is 11.3 Å². The van der Waals surface area contributed by atoms with Crippen molar-refractivity contribution in [3.8, 4) is 0 Å². The largest absolute Gasteiger partial charge is 0.459 e. The number of fused-ring (bicyclic) bond motifs is 1. The number of aromatic nitrogens is 1. The molecule has 1 N–H and O–H groups in total. The fraction of sp³-hybridized carbons (Fsp3) is 0.500. The number of likely N-dealkylation sites (tertiary alicyclic amines) is 1. The van der Waals surface area contributed by atoms with Gasteiger partial charge in [-0.2, -0.15) is 0 Å². The van der Waals surface area contributed by atoms with E-state index in [4.69, 9.17) is 4.42 Å². The van der Waals surface area contributed by atoms with Gasteiger partial charge in [0.05, 0.1) is 18.3 Å². The lowest BCUT2D eigenvalue weighted by Gasteiger charge is -2.37. The van der Waals surface area contributed by atoms with Gasteiger partial charge in [0.2, 0.25) is 5.91 Å². The van der Waals surface area contributed by atoms with Crippen molar-refractivity contribution >= 4 is 16.9 Å². The van der Waals surface area contributed by atoms with E-state index in [9.17, 15) is 4.79 Å². The summed E-state index contributed by atoms with van der Waals surface area (Å²) in [5.74, 6) is 1.11. The summed E-state index contributed by atoms with van der Waals surface area (Å²) in [4.78, 5) is 20.0. The number of nitrogens with one attached hydrogen (secondary N) is 1. The van der Waals surface area contributed by atoms with E-state index in [1.165, 1.54) is 29.4 Å². The molecule has 3 heterocycles. The van der Waals surface area contributed by atoms with Gasteiger partial charge in [0.1, 0.15) is 11.3 Å². The molecule has 1 aliphatic heterocycles. The molecule has 3 aromatic rings. The van der Waals surface area contributed by atoms with Gasteiger partial charge in [0.25, 0.3) is 0 Å². The van der Waals surface area contributed by atoms with Gasteiger partial charge in [0, 0.05) is 23.0 Å². The minimum Gasteiger partial charge on any atom is -0.459 e. The first-order valence-electron chi connectivity index (χ1n) is 12.2. The Hall–Kier alpha value is -2.66. The molecule has 2 atom stereocenters. The molecule has 0 spiro atoms. The van der Waals surface area contributed by atoms with Crippen LogP contribution in [-0.4, -0.2) is 28.4 Å². The van der Waals surface area contributed by atoms with E-state index in [0.29, 0.717) is 6.04 Å². The van der Waals surface area contributed by atoms with Gasteiger partial charge in [-0.25, -0.2) is 0 Å². The molecule has 1 aliphatic rings. The number of carbonyl (C=O) groups excluding carboxylic acids is 1. The maximum Gasteiger partial charge on any atom is 0.225 e. The minimum atomic E-state index is -0.442. The molecule has 5 nitrogen and oxygen atoms in total. The summed E-state index contributed by atoms with van der Waals surface area (Å²) < 4.78 is 6.28. The normalized spacial score (nSPS) is 18.4. The number of aryl methyl sites for hydroxylation is 2. The number of nitrogens with zero attached hydrogens (tertiary/aromatic N) is 2. The van der Waals surface area contributed by atoms with Gasteiger partial charge in [-0.15, -0.1) is 0 Å². The molecule has 5 heteroatoms. The average Bonchev–Trinajstić information content (AvgIpc) is 3.09. The number of furan rings is 1. The first-order chi connectivity index (χ1) is 15.7. The van der Waals surface area contributed by atoms with Gasteiger partial charge < -0.3 is 9.73 Å². The number of benzene rings is 1. The highest BCUT2D eigenvalue weighted by Crippen LogP contribution is 2.32. The standard InChI is InChI=1S/C28H37N3O2/c1-19-12-13-25-22(16-19)20(2)26(33-25)18-31-15-9-7-10-21(31)17-24(23-11-6-8-14-29-23)30-27(32)28(3,4)5/h6,8,11-14,16,21,24H,7,9-10,15,17-18H2,1-5H3,(H,30,32)/t21-,24-/m0/s1. The molecule has 176 valence electrons. The Bertz CT molecular complexity index is 1100. The lowest BCUT2D eigenvalue weighted by molar-refractivity contribution is -0.129. The molecule has 0 radical (unpaired) electrons. The molecule has 0 bridgehead atoms. The van der Waals surface area contributed by atoms with Crippen LogP contribution in [0.5, 0.6) is 0 Å². The van der Waals surface area contributed by atoms with E-state index in [0.717, 1.165) is 43.0 Å². The van der Waals surface area contributed by atoms with E-state index in [1.54, 1.807) is 0 Å².